The van der Waals surface area contributed by atoms with E-state index in [1.54, 1.807) is 11.8 Å². The first kappa shape index (κ1) is 16.2. The summed E-state index contributed by atoms with van der Waals surface area (Å²) < 4.78 is 0.839. The normalized spacial score (nSPS) is 10.3. The summed E-state index contributed by atoms with van der Waals surface area (Å²) in [5.41, 5.74) is 2.49. The van der Waals surface area contributed by atoms with Crippen LogP contribution < -0.4 is 0 Å². The maximum atomic E-state index is 11.8. The highest BCUT2D eigenvalue weighted by Crippen LogP contribution is 2.11. The Morgan fingerprint density at radius 2 is 2.05 bits per heavy atom. The van der Waals surface area contributed by atoms with Gasteiger partial charge in [-0.05, 0) is 18.9 Å². The summed E-state index contributed by atoms with van der Waals surface area (Å²) in [6.07, 6.45) is 2.06. The zero-order chi connectivity index (χ0) is 14.3. The van der Waals surface area contributed by atoms with E-state index >= 15 is 0 Å². The molecule has 2 nitrogen and oxygen atoms in total. The molecule has 0 aromatic heterocycles. The molecule has 0 atom stereocenters. The summed E-state index contributed by atoms with van der Waals surface area (Å²) in [5, 5.41) is 0. The Morgan fingerprint density at radius 3 is 2.68 bits per heavy atom. The molecule has 0 aliphatic rings. The molecule has 0 fully saturated rings. The molecule has 0 saturated carbocycles. The monoisotopic (exact) mass is 295 g/mol. The Balaban J connectivity index is 2.23. The van der Waals surface area contributed by atoms with Crippen LogP contribution in [0.2, 0.25) is 0 Å². The van der Waals surface area contributed by atoms with Gasteiger partial charge in [0, 0.05) is 32.7 Å². The number of Topliss-reactive ketones (excluding diaryl/α,β-unsaturated/α-hetero) is 1. The predicted molar refractivity (Wildman–Crippen MR) is 87.9 cm³/mol. The zero-order valence-corrected chi connectivity index (χ0v) is 13.4. The number of hydrogen-bond donors (Lipinski definition) is 0. The Bertz CT molecular complexity index is 444. The molecule has 1 aromatic rings. The number of hydrogen-bond acceptors (Lipinski definition) is 3. The molecular weight excluding hydrogens is 274 g/mol. The van der Waals surface area contributed by atoms with Gasteiger partial charge < -0.3 is 4.90 Å². The van der Waals surface area contributed by atoms with Crippen molar-refractivity contribution in [2.45, 2.75) is 26.2 Å². The van der Waals surface area contributed by atoms with Crippen LogP contribution in [0.4, 0.5) is 0 Å². The first-order chi connectivity index (χ1) is 8.99. The molecule has 0 amide bonds. The number of thiocarbonyl (C=S) groups is 1. The summed E-state index contributed by atoms with van der Waals surface area (Å²) in [7, 11) is 3.85. The lowest BCUT2D eigenvalue weighted by molar-refractivity contribution is -0.118. The Kier molecular flexibility index (Phi) is 7.10. The van der Waals surface area contributed by atoms with Gasteiger partial charge in [0.1, 0.15) is 10.1 Å². The van der Waals surface area contributed by atoms with E-state index in [2.05, 4.69) is 25.1 Å². The van der Waals surface area contributed by atoms with Crippen LogP contribution in [-0.2, 0) is 11.2 Å². The highest BCUT2D eigenvalue weighted by Gasteiger charge is 2.05. The van der Waals surface area contributed by atoms with E-state index in [1.165, 1.54) is 11.1 Å². The van der Waals surface area contributed by atoms with E-state index in [-0.39, 0.29) is 0 Å². The van der Waals surface area contributed by atoms with Crippen molar-refractivity contribution in [3.05, 3.63) is 35.4 Å². The van der Waals surface area contributed by atoms with Crippen molar-refractivity contribution in [3.63, 3.8) is 0 Å². The van der Waals surface area contributed by atoms with Gasteiger partial charge in [0.15, 0.2) is 0 Å². The van der Waals surface area contributed by atoms with E-state index in [0.29, 0.717) is 18.6 Å². The van der Waals surface area contributed by atoms with Crippen LogP contribution in [0.15, 0.2) is 24.3 Å². The SMILES string of the molecule is Cc1cccc(CCC(=O)CCSC(=S)N(C)C)c1. The van der Waals surface area contributed by atoms with Gasteiger partial charge in [-0.25, -0.2) is 0 Å². The number of ketones is 1. The molecule has 104 valence electrons. The third-order valence-corrected chi connectivity index (χ3v) is 4.49. The second kappa shape index (κ2) is 8.33. The third kappa shape index (κ3) is 6.73. The average Bonchev–Trinajstić information content (AvgIpc) is 2.36. The molecule has 0 spiro atoms. The van der Waals surface area contributed by atoms with E-state index in [1.807, 2.05) is 25.1 Å². The van der Waals surface area contributed by atoms with Crippen molar-refractivity contribution >= 4 is 34.1 Å². The quantitative estimate of drug-likeness (QED) is 0.749. The van der Waals surface area contributed by atoms with Crippen LogP contribution in [0.5, 0.6) is 0 Å². The number of rotatable bonds is 6. The van der Waals surface area contributed by atoms with Crippen LogP contribution in [0, 0.1) is 6.92 Å². The second-order valence-electron chi connectivity index (χ2n) is 4.79. The smallest absolute Gasteiger partial charge is 0.135 e. The molecule has 0 aliphatic heterocycles. The largest absolute Gasteiger partial charge is 0.364 e. The first-order valence-corrected chi connectivity index (χ1v) is 7.79. The third-order valence-electron chi connectivity index (χ3n) is 2.75. The maximum Gasteiger partial charge on any atom is 0.135 e. The minimum absolute atomic E-state index is 0.315. The topological polar surface area (TPSA) is 20.3 Å². The number of carbonyl (C=O) groups excluding carboxylic acids is 1. The van der Waals surface area contributed by atoms with Crippen molar-refractivity contribution in [1.29, 1.82) is 0 Å². The molecule has 4 heteroatoms. The molecule has 1 rings (SSSR count). The number of aryl methyl sites for hydroxylation is 2. The zero-order valence-electron chi connectivity index (χ0n) is 11.8. The minimum Gasteiger partial charge on any atom is -0.364 e. The first-order valence-electron chi connectivity index (χ1n) is 6.40. The van der Waals surface area contributed by atoms with Gasteiger partial charge in [-0.1, -0.05) is 53.8 Å². The molecule has 0 saturated heterocycles. The van der Waals surface area contributed by atoms with Gasteiger partial charge in [0.05, 0.1) is 0 Å². The van der Waals surface area contributed by atoms with Gasteiger partial charge >= 0.3 is 0 Å². The highest BCUT2D eigenvalue weighted by molar-refractivity contribution is 8.22. The average molecular weight is 295 g/mol. The Morgan fingerprint density at radius 1 is 1.32 bits per heavy atom. The van der Waals surface area contributed by atoms with Gasteiger partial charge in [-0.15, -0.1) is 0 Å². The van der Waals surface area contributed by atoms with Crippen LogP contribution >= 0.6 is 24.0 Å². The summed E-state index contributed by atoms with van der Waals surface area (Å²) in [5.74, 6) is 1.10. The van der Waals surface area contributed by atoms with Gasteiger partial charge in [0.2, 0.25) is 0 Å². The molecule has 19 heavy (non-hydrogen) atoms. The van der Waals surface area contributed by atoms with Crippen molar-refractivity contribution in [3.8, 4) is 0 Å². The minimum atomic E-state index is 0.315. The van der Waals surface area contributed by atoms with Crippen LogP contribution in [0.3, 0.4) is 0 Å². The fourth-order valence-electron chi connectivity index (χ4n) is 1.66. The van der Waals surface area contributed by atoms with E-state index < -0.39 is 0 Å². The fourth-order valence-corrected chi connectivity index (χ4v) is 2.67. The molecule has 0 N–H and O–H groups in total. The number of carbonyl (C=O) groups is 1. The molecule has 0 radical (unpaired) electrons. The molecule has 0 heterocycles. The van der Waals surface area contributed by atoms with E-state index in [4.69, 9.17) is 12.2 Å². The lowest BCUT2D eigenvalue weighted by Crippen LogP contribution is -2.16. The maximum absolute atomic E-state index is 11.8. The second-order valence-corrected chi connectivity index (χ2v) is 6.52. The molecule has 0 unspecified atom stereocenters. The molecule has 1 aromatic carbocycles. The van der Waals surface area contributed by atoms with Crippen LogP contribution in [0.1, 0.15) is 24.0 Å². The number of thioether (sulfide) groups is 1. The van der Waals surface area contributed by atoms with Crippen molar-refractivity contribution in [2.24, 2.45) is 0 Å². The number of benzene rings is 1. The number of nitrogens with zero attached hydrogens (tertiary/aromatic N) is 1. The summed E-state index contributed by atoms with van der Waals surface area (Å²) in [4.78, 5) is 13.7. The Hall–Kier alpha value is -0.870. The summed E-state index contributed by atoms with van der Waals surface area (Å²) in [6.45, 7) is 2.07. The summed E-state index contributed by atoms with van der Waals surface area (Å²) in [6, 6.07) is 8.34. The van der Waals surface area contributed by atoms with Crippen molar-refractivity contribution < 1.29 is 4.79 Å². The van der Waals surface area contributed by atoms with E-state index in [9.17, 15) is 4.79 Å². The lowest BCUT2D eigenvalue weighted by Gasteiger charge is -2.12. The summed E-state index contributed by atoms with van der Waals surface area (Å²) >= 11 is 6.74. The van der Waals surface area contributed by atoms with Crippen molar-refractivity contribution in [2.75, 3.05) is 19.8 Å². The predicted octanol–water partition coefficient (Wildman–Crippen LogP) is 3.47. The standard InChI is InChI=1S/C15H21NOS2/c1-12-5-4-6-13(11-12)7-8-14(17)9-10-19-15(18)16(2)3/h4-6,11H,7-10H2,1-3H3. The van der Waals surface area contributed by atoms with Gasteiger partial charge in [0.25, 0.3) is 0 Å². The van der Waals surface area contributed by atoms with Crippen LogP contribution in [-0.4, -0.2) is 34.9 Å². The van der Waals surface area contributed by atoms with Crippen molar-refractivity contribution in [1.82, 2.24) is 4.90 Å². The molecule has 0 bridgehead atoms. The van der Waals surface area contributed by atoms with Gasteiger partial charge in [-0.3, -0.25) is 4.79 Å². The van der Waals surface area contributed by atoms with E-state index in [0.717, 1.165) is 16.5 Å². The Labute approximate surface area is 125 Å². The molecular formula is C15H21NOS2. The van der Waals surface area contributed by atoms with Gasteiger partial charge in [-0.2, -0.15) is 0 Å². The highest BCUT2D eigenvalue weighted by atomic mass is 32.2. The fraction of sp³-hybridized carbons (Fsp3) is 0.467. The molecule has 0 aliphatic carbocycles. The lowest BCUT2D eigenvalue weighted by atomic mass is 10.0. The van der Waals surface area contributed by atoms with Crippen LogP contribution in [0.25, 0.3) is 0 Å².